The highest BCUT2D eigenvalue weighted by Gasteiger charge is 2.35. The summed E-state index contributed by atoms with van der Waals surface area (Å²) in [6.45, 7) is 4.50. The number of benzene rings is 3. The van der Waals surface area contributed by atoms with Gasteiger partial charge in [-0.25, -0.2) is 9.42 Å². The maximum atomic E-state index is 6.64. The summed E-state index contributed by atoms with van der Waals surface area (Å²) in [5, 5.41) is 3.80. The number of pyridine rings is 1. The Balaban J connectivity index is 1.85. The van der Waals surface area contributed by atoms with Crippen molar-refractivity contribution in [2.75, 3.05) is 0 Å². The van der Waals surface area contributed by atoms with Crippen molar-refractivity contribution in [3.05, 3.63) is 115 Å². The highest BCUT2D eigenvalue weighted by Crippen LogP contribution is 2.56. The van der Waals surface area contributed by atoms with E-state index >= 15 is 0 Å². The first-order valence-electron chi connectivity index (χ1n) is 10.4. The van der Waals surface area contributed by atoms with Crippen molar-refractivity contribution in [1.29, 1.82) is 0 Å². The lowest BCUT2D eigenvalue weighted by atomic mass is 10.4. The summed E-state index contributed by atoms with van der Waals surface area (Å²) in [5.74, 6) is 0.652. The van der Waals surface area contributed by atoms with Crippen molar-refractivity contribution in [3.63, 3.8) is 0 Å². The van der Waals surface area contributed by atoms with E-state index in [1.807, 2.05) is 18.2 Å². The second-order valence-electron chi connectivity index (χ2n) is 7.26. The van der Waals surface area contributed by atoms with E-state index in [2.05, 4.69) is 114 Å². The quantitative estimate of drug-likeness (QED) is 0.319. The average Bonchev–Trinajstić information content (AvgIpc) is 2.83. The molecule has 0 radical (unpaired) electrons. The first-order chi connectivity index (χ1) is 15.2. The zero-order chi connectivity index (χ0) is 21.5. The standard InChI is InChI=1S/C26H26N2OP2/c1-22(2)28(30(23-14-6-3-7-15-23)24-16-8-4-9-17-24)31(25-18-10-5-11-19-25)29-26-20-12-13-21-27-26/h3-22H,1-2H3. The number of hydrogen-bond acceptors (Lipinski definition) is 3. The minimum atomic E-state index is -1.12. The monoisotopic (exact) mass is 444 g/mol. The summed E-state index contributed by atoms with van der Waals surface area (Å²) in [5.41, 5.74) is 0. The van der Waals surface area contributed by atoms with Gasteiger partial charge >= 0.3 is 0 Å². The third kappa shape index (κ3) is 5.38. The van der Waals surface area contributed by atoms with Gasteiger partial charge in [-0.2, -0.15) is 0 Å². The number of nitrogens with zero attached hydrogens (tertiary/aromatic N) is 2. The Morgan fingerprint density at radius 2 is 1.13 bits per heavy atom. The van der Waals surface area contributed by atoms with Crippen LogP contribution in [0.1, 0.15) is 13.8 Å². The van der Waals surface area contributed by atoms with Crippen LogP contribution in [0.25, 0.3) is 0 Å². The Morgan fingerprint density at radius 3 is 1.58 bits per heavy atom. The maximum absolute atomic E-state index is 6.64. The molecule has 0 bridgehead atoms. The predicted molar refractivity (Wildman–Crippen MR) is 134 cm³/mol. The van der Waals surface area contributed by atoms with Crippen molar-refractivity contribution in [2.24, 2.45) is 0 Å². The van der Waals surface area contributed by atoms with Crippen molar-refractivity contribution >= 4 is 32.3 Å². The molecule has 1 unspecified atom stereocenters. The van der Waals surface area contributed by atoms with Crippen LogP contribution in [0.2, 0.25) is 0 Å². The Labute approximate surface area is 187 Å². The molecule has 5 heteroatoms. The van der Waals surface area contributed by atoms with E-state index in [9.17, 15) is 0 Å². The molecular formula is C26H26N2OP2. The second kappa shape index (κ2) is 10.6. The van der Waals surface area contributed by atoms with E-state index in [0.717, 1.165) is 0 Å². The molecule has 31 heavy (non-hydrogen) atoms. The van der Waals surface area contributed by atoms with Crippen LogP contribution >= 0.6 is 16.4 Å². The summed E-state index contributed by atoms with van der Waals surface area (Å²) in [6.07, 6.45) is 1.78. The van der Waals surface area contributed by atoms with Crippen molar-refractivity contribution < 1.29 is 4.52 Å². The molecule has 3 aromatic carbocycles. The minimum Gasteiger partial charge on any atom is -0.436 e. The van der Waals surface area contributed by atoms with Crippen molar-refractivity contribution in [3.8, 4) is 5.88 Å². The Hall–Kier alpha value is -2.57. The second-order valence-corrected chi connectivity index (χ2v) is 11.3. The van der Waals surface area contributed by atoms with Crippen LogP contribution in [-0.2, 0) is 0 Å². The predicted octanol–water partition coefficient (Wildman–Crippen LogP) is 5.86. The normalized spacial score (nSPS) is 12.3. The fraction of sp³-hybridized carbons (Fsp3) is 0.115. The molecule has 0 amide bonds. The van der Waals surface area contributed by atoms with Gasteiger partial charge in [0.1, 0.15) is 0 Å². The van der Waals surface area contributed by atoms with Gasteiger partial charge in [0.2, 0.25) is 14.2 Å². The zero-order valence-electron chi connectivity index (χ0n) is 17.7. The topological polar surface area (TPSA) is 25.4 Å². The Kier molecular flexibility index (Phi) is 7.43. The van der Waals surface area contributed by atoms with Crippen LogP contribution in [0.15, 0.2) is 115 Å². The number of hydrogen-bond donors (Lipinski definition) is 0. The number of aromatic nitrogens is 1. The molecule has 0 aliphatic rings. The van der Waals surface area contributed by atoms with Crippen molar-refractivity contribution in [2.45, 2.75) is 19.9 Å². The van der Waals surface area contributed by atoms with E-state index < -0.39 is 16.4 Å². The van der Waals surface area contributed by atoms with Crippen LogP contribution in [0.5, 0.6) is 5.88 Å². The van der Waals surface area contributed by atoms with Gasteiger partial charge in [0.15, 0.2) is 0 Å². The molecule has 4 aromatic rings. The molecule has 1 heterocycles. The molecule has 156 valence electrons. The van der Waals surface area contributed by atoms with E-state index in [-0.39, 0.29) is 6.04 Å². The van der Waals surface area contributed by atoms with Gasteiger partial charge in [-0.3, -0.25) is 0 Å². The van der Waals surface area contributed by atoms with Crippen LogP contribution in [0, 0.1) is 0 Å². The van der Waals surface area contributed by atoms with E-state index in [1.165, 1.54) is 15.9 Å². The van der Waals surface area contributed by atoms with Crippen LogP contribution in [-0.4, -0.2) is 15.5 Å². The summed E-state index contributed by atoms with van der Waals surface area (Å²) in [6, 6.07) is 38.2. The van der Waals surface area contributed by atoms with Gasteiger partial charge in [0, 0.05) is 31.7 Å². The Bertz CT molecular complexity index is 1010. The lowest BCUT2D eigenvalue weighted by molar-refractivity contribution is 0.500. The lowest BCUT2D eigenvalue weighted by Gasteiger charge is -2.39. The summed E-state index contributed by atoms with van der Waals surface area (Å²) < 4.78 is 9.20. The van der Waals surface area contributed by atoms with Gasteiger partial charge < -0.3 is 4.52 Å². The van der Waals surface area contributed by atoms with Gasteiger partial charge in [0.25, 0.3) is 0 Å². The summed E-state index contributed by atoms with van der Waals surface area (Å²) in [4.78, 5) is 4.47. The third-order valence-corrected chi connectivity index (χ3v) is 10.1. The molecule has 0 aliphatic heterocycles. The summed E-state index contributed by atoms with van der Waals surface area (Å²) in [7, 11) is -1.93. The maximum Gasteiger partial charge on any atom is 0.217 e. The zero-order valence-corrected chi connectivity index (χ0v) is 19.5. The minimum absolute atomic E-state index is 0.265. The van der Waals surface area contributed by atoms with Gasteiger partial charge in [-0.05, 0) is 42.7 Å². The molecule has 4 rings (SSSR count). The fourth-order valence-electron chi connectivity index (χ4n) is 3.30. The third-order valence-electron chi connectivity index (χ3n) is 4.65. The highest BCUT2D eigenvalue weighted by atomic mass is 31.2. The molecule has 0 fully saturated rings. The largest absolute Gasteiger partial charge is 0.436 e. The van der Waals surface area contributed by atoms with Crippen LogP contribution < -0.4 is 20.4 Å². The van der Waals surface area contributed by atoms with E-state index in [0.29, 0.717) is 5.88 Å². The molecule has 3 nitrogen and oxygen atoms in total. The first-order valence-corrected chi connectivity index (χ1v) is 12.9. The summed E-state index contributed by atoms with van der Waals surface area (Å²) >= 11 is 0. The molecule has 0 spiro atoms. The molecule has 1 atom stereocenters. The molecule has 0 N–H and O–H groups in total. The lowest BCUT2D eigenvalue weighted by Crippen LogP contribution is -2.34. The molecule has 0 saturated carbocycles. The fourth-order valence-corrected chi connectivity index (χ4v) is 8.69. The van der Waals surface area contributed by atoms with Crippen molar-refractivity contribution in [1.82, 2.24) is 9.42 Å². The van der Waals surface area contributed by atoms with Crippen LogP contribution in [0.4, 0.5) is 0 Å². The SMILES string of the molecule is CC(C)N(P(Oc1ccccn1)c1ccccc1)P(c1ccccc1)c1ccccc1. The first kappa shape index (κ1) is 21.7. The van der Waals surface area contributed by atoms with Gasteiger partial charge in [-0.1, -0.05) is 84.9 Å². The van der Waals surface area contributed by atoms with Crippen LogP contribution in [0.3, 0.4) is 0 Å². The molecule has 1 aromatic heterocycles. The molecule has 0 aliphatic carbocycles. The molecule has 0 saturated heterocycles. The van der Waals surface area contributed by atoms with Gasteiger partial charge in [0.05, 0.1) is 0 Å². The molecular weight excluding hydrogens is 418 g/mol. The van der Waals surface area contributed by atoms with Gasteiger partial charge in [-0.15, -0.1) is 0 Å². The van der Waals surface area contributed by atoms with E-state index in [4.69, 9.17) is 4.52 Å². The smallest absolute Gasteiger partial charge is 0.217 e. The highest BCUT2D eigenvalue weighted by molar-refractivity contribution is 7.80. The Morgan fingerprint density at radius 1 is 0.645 bits per heavy atom. The average molecular weight is 444 g/mol. The van der Waals surface area contributed by atoms with E-state index in [1.54, 1.807) is 6.20 Å². The number of rotatable bonds is 8.